The second-order valence-electron chi connectivity index (χ2n) is 3.72. The van der Waals surface area contributed by atoms with Crippen molar-refractivity contribution in [3.63, 3.8) is 0 Å². The summed E-state index contributed by atoms with van der Waals surface area (Å²) in [5.74, 6) is 0.707. The van der Waals surface area contributed by atoms with Crippen LogP contribution in [0.15, 0.2) is 30.5 Å². The van der Waals surface area contributed by atoms with Gasteiger partial charge in [-0.15, -0.1) is 0 Å². The first kappa shape index (κ1) is 11.7. The summed E-state index contributed by atoms with van der Waals surface area (Å²) in [6.07, 6.45) is 1.78. The van der Waals surface area contributed by atoms with Crippen molar-refractivity contribution in [2.75, 3.05) is 7.11 Å². The van der Waals surface area contributed by atoms with E-state index in [0.717, 1.165) is 23.4 Å². The molecule has 1 aromatic heterocycles. The Hall–Kier alpha value is -1.81. The second-order valence-corrected chi connectivity index (χ2v) is 3.72. The molecule has 2 aromatic rings. The fourth-order valence-corrected chi connectivity index (χ4v) is 1.89. The van der Waals surface area contributed by atoms with Gasteiger partial charge in [-0.1, -0.05) is 0 Å². The summed E-state index contributed by atoms with van der Waals surface area (Å²) in [5, 5.41) is 13.5. The van der Waals surface area contributed by atoms with Crippen LogP contribution >= 0.6 is 0 Å². The van der Waals surface area contributed by atoms with E-state index >= 15 is 0 Å². The highest BCUT2D eigenvalue weighted by molar-refractivity contribution is 5.62. The molecule has 0 aliphatic rings. The number of benzene rings is 1. The minimum atomic E-state index is -0.0305. The number of aliphatic hydroxyl groups is 1. The largest absolute Gasteiger partial charge is 0.496 e. The Labute approximate surface area is 100 Å². The minimum absolute atomic E-state index is 0.0305. The van der Waals surface area contributed by atoms with Gasteiger partial charge in [-0.05, 0) is 31.2 Å². The van der Waals surface area contributed by atoms with Gasteiger partial charge in [0, 0.05) is 23.9 Å². The maximum atomic E-state index is 9.30. The number of aliphatic hydroxyl groups excluding tert-OH is 1. The van der Waals surface area contributed by atoms with Gasteiger partial charge >= 0.3 is 0 Å². The summed E-state index contributed by atoms with van der Waals surface area (Å²) in [4.78, 5) is 0. The van der Waals surface area contributed by atoms with Crippen LogP contribution in [0.5, 0.6) is 5.75 Å². The molecule has 0 atom stereocenters. The van der Waals surface area contributed by atoms with E-state index in [9.17, 15) is 5.11 Å². The highest BCUT2D eigenvalue weighted by atomic mass is 16.5. The van der Waals surface area contributed by atoms with E-state index in [1.54, 1.807) is 13.3 Å². The highest BCUT2D eigenvalue weighted by Gasteiger charge is 2.08. The highest BCUT2D eigenvalue weighted by Crippen LogP contribution is 2.26. The molecule has 0 saturated heterocycles. The van der Waals surface area contributed by atoms with Gasteiger partial charge in [0.25, 0.3) is 0 Å². The normalized spacial score (nSPS) is 10.5. The lowest BCUT2D eigenvalue weighted by molar-refractivity contribution is 0.274. The summed E-state index contributed by atoms with van der Waals surface area (Å²) in [5.41, 5.74) is 2.87. The Morgan fingerprint density at radius 2 is 2.18 bits per heavy atom. The molecule has 0 saturated carbocycles. The SMILES string of the molecule is CCn1nccc1-c1ccc(OC)c(CO)c1. The van der Waals surface area contributed by atoms with Gasteiger partial charge < -0.3 is 9.84 Å². The van der Waals surface area contributed by atoms with Crippen molar-refractivity contribution >= 4 is 0 Å². The van der Waals surface area contributed by atoms with Gasteiger partial charge in [0.15, 0.2) is 0 Å². The Balaban J connectivity index is 2.46. The predicted octanol–water partition coefficient (Wildman–Crippen LogP) is 2.07. The molecule has 0 bridgehead atoms. The van der Waals surface area contributed by atoms with Crippen LogP contribution in [0.2, 0.25) is 0 Å². The third kappa shape index (κ3) is 2.17. The van der Waals surface area contributed by atoms with Crippen molar-refractivity contribution < 1.29 is 9.84 Å². The van der Waals surface area contributed by atoms with Crippen LogP contribution < -0.4 is 4.74 Å². The summed E-state index contributed by atoms with van der Waals surface area (Å²) < 4.78 is 7.10. The molecule has 4 nitrogen and oxygen atoms in total. The molecule has 17 heavy (non-hydrogen) atoms. The Bertz CT molecular complexity index is 506. The van der Waals surface area contributed by atoms with Gasteiger partial charge in [0.1, 0.15) is 5.75 Å². The minimum Gasteiger partial charge on any atom is -0.496 e. The quantitative estimate of drug-likeness (QED) is 0.877. The molecule has 4 heteroatoms. The van der Waals surface area contributed by atoms with Gasteiger partial charge in [-0.3, -0.25) is 4.68 Å². The van der Waals surface area contributed by atoms with Crippen LogP contribution in [0.4, 0.5) is 0 Å². The van der Waals surface area contributed by atoms with E-state index in [4.69, 9.17) is 4.74 Å². The van der Waals surface area contributed by atoms with E-state index in [-0.39, 0.29) is 6.61 Å². The topological polar surface area (TPSA) is 47.3 Å². The van der Waals surface area contributed by atoms with Crippen molar-refractivity contribution in [1.82, 2.24) is 9.78 Å². The molecule has 0 unspecified atom stereocenters. The third-order valence-corrected chi connectivity index (χ3v) is 2.76. The smallest absolute Gasteiger partial charge is 0.124 e. The molecule has 0 radical (unpaired) electrons. The van der Waals surface area contributed by atoms with Gasteiger partial charge in [-0.2, -0.15) is 5.10 Å². The van der Waals surface area contributed by atoms with Gasteiger partial charge in [0.05, 0.1) is 19.4 Å². The Morgan fingerprint density at radius 3 is 2.82 bits per heavy atom. The molecule has 2 rings (SSSR count). The maximum absolute atomic E-state index is 9.30. The maximum Gasteiger partial charge on any atom is 0.124 e. The number of hydrogen-bond donors (Lipinski definition) is 1. The first-order valence-corrected chi connectivity index (χ1v) is 5.60. The Kier molecular flexibility index (Phi) is 3.44. The molecule has 0 amide bonds. The molecule has 0 fully saturated rings. The second kappa shape index (κ2) is 5.01. The number of nitrogens with zero attached hydrogens (tertiary/aromatic N) is 2. The molecular formula is C13H16N2O2. The lowest BCUT2D eigenvalue weighted by Crippen LogP contribution is -1.99. The van der Waals surface area contributed by atoms with E-state index < -0.39 is 0 Å². The van der Waals surface area contributed by atoms with Crippen molar-refractivity contribution in [2.45, 2.75) is 20.1 Å². The Morgan fingerprint density at radius 1 is 1.35 bits per heavy atom. The first-order valence-electron chi connectivity index (χ1n) is 5.60. The average Bonchev–Trinajstić information content (AvgIpc) is 2.86. The predicted molar refractivity (Wildman–Crippen MR) is 65.8 cm³/mol. The van der Waals surface area contributed by atoms with Gasteiger partial charge in [-0.25, -0.2) is 0 Å². The van der Waals surface area contributed by atoms with Gasteiger partial charge in [0.2, 0.25) is 0 Å². The van der Waals surface area contributed by atoms with Crippen LogP contribution in [-0.2, 0) is 13.2 Å². The zero-order chi connectivity index (χ0) is 12.3. The van der Waals surface area contributed by atoms with E-state index in [1.807, 2.05) is 35.9 Å². The average molecular weight is 232 g/mol. The number of ether oxygens (including phenoxy) is 1. The van der Waals surface area contributed by atoms with Crippen molar-refractivity contribution in [2.24, 2.45) is 0 Å². The number of aryl methyl sites for hydroxylation is 1. The molecule has 0 aliphatic carbocycles. The van der Waals surface area contributed by atoms with Crippen molar-refractivity contribution in [3.8, 4) is 17.0 Å². The molecule has 1 heterocycles. The fraction of sp³-hybridized carbons (Fsp3) is 0.308. The molecule has 90 valence electrons. The van der Waals surface area contributed by atoms with Crippen LogP contribution in [0, 0.1) is 0 Å². The zero-order valence-electron chi connectivity index (χ0n) is 10.1. The van der Waals surface area contributed by atoms with Crippen LogP contribution in [0.25, 0.3) is 11.3 Å². The zero-order valence-corrected chi connectivity index (χ0v) is 10.1. The summed E-state index contributed by atoms with van der Waals surface area (Å²) in [6.45, 7) is 2.84. The van der Waals surface area contributed by atoms with Crippen molar-refractivity contribution in [3.05, 3.63) is 36.0 Å². The van der Waals surface area contributed by atoms with Crippen molar-refractivity contribution in [1.29, 1.82) is 0 Å². The first-order chi connectivity index (χ1) is 8.30. The molecular weight excluding hydrogens is 216 g/mol. The van der Waals surface area contributed by atoms with Crippen LogP contribution in [0.3, 0.4) is 0 Å². The lowest BCUT2D eigenvalue weighted by atomic mass is 10.1. The number of methoxy groups -OCH3 is 1. The molecule has 0 spiro atoms. The lowest BCUT2D eigenvalue weighted by Gasteiger charge is -2.10. The summed E-state index contributed by atoms with van der Waals surface area (Å²) >= 11 is 0. The van der Waals surface area contributed by atoms with E-state index in [1.165, 1.54) is 0 Å². The van der Waals surface area contributed by atoms with Crippen LogP contribution in [0.1, 0.15) is 12.5 Å². The fourth-order valence-electron chi connectivity index (χ4n) is 1.89. The summed E-state index contributed by atoms with van der Waals surface area (Å²) in [6, 6.07) is 7.74. The van der Waals surface area contributed by atoms with E-state index in [2.05, 4.69) is 5.10 Å². The number of rotatable bonds is 4. The molecule has 0 aliphatic heterocycles. The summed E-state index contributed by atoms with van der Waals surface area (Å²) in [7, 11) is 1.60. The van der Waals surface area contributed by atoms with Crippen LogP contribution in [-0.4, -0.2) is 22.0 Å². The van der Waals surface area contributed by atoms with E-state index in [0.29, 0.717) is 5.75 Å². The number of aromatic nitrogens is 2. The molecule has 1 N–H and O–H groups in total. The third-order valence-electron chi connectivity index (χ3n) is 2.76. The number of hydrogen-bond acceptors (Lipinski definition) is 3. The monoisotopic (exact) mass is 232 g/mol. The standard InChI is InChI=1S/C13H16N2O2/c1-3-15-12(6-7-14-15)10-4-5-13(17-2)11(8-10)9-16/h4-8,16H,3,9H2,1-2H3. The molecule has 1 aromatic carbocycles.